The Morgan fingerprint density at radius 1 is 1.31 bits per heavy atom. The van der Waals surface area contributed by atoms with Crippen molar-refractivity contribution in [2.24, 2.45) is 0 Å². The summed E-state index contributed by atoms with van der Waals surface area (Å²) in [6.07, 6.45) is 2.59. The summed E-state index contributed by atoms with van der Waals surface area (Å²) in [5.74, 6) is 0.168. The lowest BCUT2D eigenvalue weighted by atomic mass is 10.3. The van der Waals surface area contributed by atoms with E-state index in [1.165, 1.54) is 12.1 Å². The third-order valence-electron chi connectivity index (χ3n) is 2.09. The highest BCUT2D eigenvalue weighted by molar-refractivity contribution is 5.84. The van der Waals surface area contributed by atoms with Crippen LogP contribution in [0.15, 0.2) is 24.3 Å². The molecule has 0 unspecified atom stereocenters. The number of phenolic OH excluding ortho intramolecular Hbond substituents is 1. The fourth-order valence-electron chi connectivity index (χ4n) is 1.22. The minimum Gasteiger partial charge on any atom is -0.508 e. The van der Waals surface area contributed by atoms with Crippen LogP contribution in [0.3, 0.4) is 0 Å². The highest BCUT2D eigenvalue weighted by Crippen LogP contribution is 2.13. The molecule has 0 atom stereocenters. The van der Waals surface area contributed by atoms with Gasteiger partial charge in [0.15, 0.2) is 0 Å². The van der Waals surface area contributed by atoms with Crippen LogP contribution in [0.2, 0.25) is 0 Å². The van der Waals surface area contributed by atoms with E-state index in [1.54, 1.807) is 12.1 Å². The van der Waals surface area contributed by atoms with Crippen molar-refractivity contribution in [2.45, 2.75) is 26.2 Å². The van der Waals surface area contributed by atoms with E-state index in [0.29, 0.717) is 12.3 Å². The Kier molecular flexibility index (Phi) is 5.19. The molecule has 0 saturated heterocycles. The molecule has 0 aliphatic rings. The van der Waals surface area contributed by atoms with E-state index < -0.39 is 6.09 Å². The van der Waals surface area contributed by atoms with Crippen LogP contribution in [-0.4, -0.2) is 17.8 Å². The zero-order chi connectivity index (χ0) is 11.8. The van der Waals surface area contributed by atoms with Gasteiger partial charge in [-0.05, 0) is 30.7 Å². The van der Waals surface area contributed by atoms with Gasteiger partial charge in [0.05, 0.1) is 6.61 Å². The average molecular weight is 223 g/mol. The van der Waals surface area contributed by atoms with Crippen molar-refractivity contribution in [2.75, 3.05) is 11.9 Å². The standard InChI is InChI=1S/C12H17NO3/c1-2-3-4-9-16-12(15)13-10-5-7-11(14)8-6-10/h5-8,14H,2-4,9H2,1H3,(H,13,15). The quantitative estimate of drug-likeness (QED) is 0.595. The minimum absolute atomic E-state index is 0.168. The topological polar surface area (TPSA) is 58.6 Å². The van der Waals surface area contributed by atoms with Gasteiger partial charge in [-0.25, -0.2) is 4.79 Å². The van der Waals surface area contributed by atoms with Gasteiger partial charge in [0, 0.05) is 5.69 Å². The molecule has 0 aromatic heterocycles. The second-order valence-corrected chi connectivity index (χ2v) is 3.51. The highest BCUT2D eigenvalue weighted by atomic mass is 16.5. The number of rotatable bonds is 5. The summed E-state index contributed by atoms with van der Waals surface area (Å²) < 4.78 is 4.97. The van der Waals surface area contributed by atoms with Gasteiger partial charge in [-0.3, -0.25) is 5.32 Å². The number of amides is 1. The molecule has 1 rings (SSSR count). The summed E-state index contributed by atoms with van der Waals surface area (Å²) in [6.45, 7) is 2.54. The van der Waals surface area contributed by atoms with E-state index in [4.69, 9.17) is 9.84 Å². The number of hydrogen-bond acceptors (Lipinski definition) is 3. The van der Waals surface area contributed by atoms with Gasteiger partial charge in [-0.15, -0.1) is 0 Å². The van der Waals surface area contributed by atoms with Gasteiger partial charge in [0.2, 0.25) is 0 Å². The summed E-state index contributed by atoms with van der Waals surface area (Å²) in [6, 6.07) is 6.24. The minimum atomic E-state index is -0.457. The second kappa shape index (κ2) is 6.71. The Morgan fingerprint density at radius 3 is 2.62 bits per heavy atom. The van der Waals surface area contributed by atoms with E-state index in [9.17, 15) is 4.79 Å². The molecule has 0 aliphatic carbocycles. The maximum absolute atomic E-state index is 11.3. The summed E-state index contributed by atoms with van der Waals surface area (Å²) in [5.41, 5.74) is 0.610. The Morgan fingerprint density at radius 2 is 2.00 bits per heavy atom. The largest absolute Gasteiger partial charge is 0.508 e. The van der Waals surface area contributed by atoms with Crippen LogP contribution in [0.25, 0.3) is 0 Å². The number of nitrogens with one attached hydrogen (secondary N) is 1. The lowest BCUT2D eigenvalue weighted by molar-refractivity contribution is 0.159. The first-order chi connectivity index (χ1) is 7.72. The first kappa shape index (κ1) is 12.4. The molecule has 16 heavy (non-hydrogen) atoms. The maximum atomic E-state index is 11.3. The van der Waals surface area contributed by atoms with Crippen LogP contribution >= 0.6 is 0 Å². The molecule has 0 fully saturated rings. The second-order valence-electron chi connectivity index (χ2n) is 3.51. The summed E-state index contributed by atoms with van der Waals surface area (Å²) >= 11 is 0. The number of carbonyl (C=O) groups is 1. The zero-order valence-corrected chi connectivity index (χ0v) is 9.40. The molecular weight excluding hydrogens is 206 g/mol. The zero-order valence-electron chi connectivity index (χ0n) is 9.40. The fourth-order valence-corrected chi connectivity index (χ4v) is 1.22. The van der Waals surface area contributed by atoms with Crippen LogP contribution in [0.5, 0.6) is 5.75 Å². The van der Waals surface area contributed by atoms with Crippen molar-refractivity contribution < 1.29 is 14.6 Å². The van der Waals surface area contributed by atoms with Gasteiger partial charge in [0.1, 0.15) is 5.75 Å². The smallest absolute Gasteiger partial charge is 0.411 e. The molecule has 1 amide bonds. The number of unbranched alkanes of at least 4 members (excludes halogenated alkanes) is 2. The molecule has 4 heteroatoms. The van der Waals surface area contributed by atoms with Gasteiger partial charge in [0.25, 0.3) is 0 Å². The van der Waals surface area contributed by atoms with Crippen LogP contribution in [0.1, 0.15) is 26.2 Å². The van der Waals surface area contributed by atoms with Crippen LogP contribution in [0, 0.1) is 0 Å². The predicted molar refractivity (Wildman–Crippen MR) is 62.6 cm³/mol. The van der Waals surface area contributed by atoms with Crippen molar-refractivity contribution in [3.05, 3.63) is 24.3 Å². The fraction of sp³-hybridized carbons (Fsp3) is 0.417. The summed E-state index contributed by atoms with van der Waals surface area (Å²) in [4.78, 5) is 11.3. The van der Waals surface area contributed by atoms with Crippen molar-refractivity contribution >= 4 is 11.8 Å². The van der Waals surface area contributed by atoms with Crippen molar-refractivity contribution in [3.8, 4) is 5.75 Å². The highest BCUT2D eigenvalue weighted by Gasteiger charge is 2.02. The Bertz CT molecular complexity index is 322. The summed E-state index contributed by atoms with van der Waals surface area (Å²) in [7, 11) is 0. The normalized spacial score (nSPS) is 9.81. The van der Waals surface area contributed by atoms with E-state index in [-0.39, 0.29) is 5.75 Å². The first-order valence-corrected chi connectivity index (χ1v) is 5.45. The van der Waals surface area contributed by atoms with Crippen molar-refractivity contribution in [3.63, 3.8) is 0 Å². The monoisotopic (exact) mass is 223 g/mol. The lowest BCUT2D eigenvalue weighted by Crippen LogP contribution is -2.14. The number of hydrogen-bond donors (Lipinski definition) is 2. The molecule has 0 radical (unpaired) electrons. The molecule has 88 valence electrons. The predicted octanol–water partition coefficient (Wildman–Crippen LogP) is 3.13. The van der Waals surface area contributed by atoms with Gasteiger partial charge < -0.3 is 9.84 Å². The average Bonchev–Trinajstić information content (AvgIpc) is 2.28. The number of benzene rings is 1. The van der Waals surface area contributed by atoms with E-state index >= 15 is 0 Å². The van der Waals surface area contributed by atoms with E-state index in [2.05, 4.69) is 12.2 Å². The number of anilines is 1. The SMILES string of the molecule is CCCCCOC(=O)Nc1ccc(O)cc1. The Balaban J connectivity index is 2.26. The maximum Gasteiger partial charge on any atom is 0.411 e. The van der Waals surface area contributed by atoms with Crippen molar-refractivity contribution in [1.29, 1.82) is 0 Å². The number of phenols is 1. The molecule has 0 saturated carbocycles. The third-order valence-corrected chi connectivity index (χ3v) is 2.09. The van der Waals surface area contributed by atoms with Gasteiger partial charge >= 0.3 is 6.09 Å². The number of carbonyl (C=O) groups excluding carboxylic acids is 1. The summed E-state index contributed by atoms with van der Waals surface area (Å²) in [5, 5.41) is 11.6. The van der Waals surface area contributed by atoms with E-state index in [0.717, 1.165) is 19.3 Å². The number of aromatic hydroxyl groups is 1. The van der Waals surface area contributed by atoms with Gasteiger partial charge in [-0.1, -0.05) is 19.8 Å². The molecule has 0 aliphatic heterocycles. The van der Waals surface area contributed by atoms with Gasteiger partial charge in [-0.2, -0.15) is 0 Å². The molecule has 1 aromatic rings. The first-order valence-electron chi connectivity index (χ1n) is 5.45. The molecule has 0 bridgehead atoms. The molecular formula is C12H17NO3. The Hall–Kier alpha value is -1.71. The molecule has 1 aromatic carbocycles. The lowest BCUT2D eigenvalue weighted by Gasteiger charge is -2.06. The third kappa shape index (κ3) is 4.68. The molecule has 2 N–H and O–H groups in total. The van der Waals surface area contributed by atoms with Crippen LogP contribution < -0.4 is 5.32 Å². The van der Waals surface area contributed by atoms with Crippen LogP contribution in [0.4, 0.5) is 10.5 Å². The number of ether oxygens (including phenoxy) is 1. The van der Waals surface area contributed by atoms with E-state index in [1.807, 2.05) is 0 Å². The molecule has 0 spiro atoms. The van der Waals surface area contributed by atoms with Crippen LogP contribution in [-0.2, 0) is 4.74 Å². The molecule has 4 nitrogen and oxygen atoms in total. The van der Waals surface area contributed by atoms with Crippen molar-refractivity contribution in [1.82, 2.24) is 0 Å². The molecule has 0 heterocycles. The Labute approximate surface area is 95.2 Å².